The van der Waals surface area contributed by atoms with E-state index < -0.39 is 0 Å². The number of ether oxygens (including phenoxy) is 1. The van der Waals surface area contributed by atoms with Crippen molar-refractivity contribution in [1.29, 1.82) is 0 Å². The van der Waals surface area contributed by atoms with Crippen LogP contribution >= 0.6 is 0 Å². The van der Waals surface area contributed by atoms with Gasteiger partial charge >= 0.3 is 5.97 Å². The number of carbonyl (C=O) groups is 1. The third-order valence-corrected chi connectivity index (χ3v) is 4.95. The summed E-state index contributed by atoms with van der Waals surface area (Å²) in [5.41, 5.74) is 2.32. The van der Waals surface area contributed by atoms with Crippen LogP contribution in [0.4, 0.5) is 0 Å². The molecule has 0 saturated heterocycles. The van der Waals surface area contributed by atoms with Crippen molar-refractivity contribution in [3.8, 4) is 11.5 Å². The second kappa shape index (κ2) is 10.7. The Bertz CT molecular complexity index is 670. The highest BCUT2D eigenvalue weighted by molar-refractivity contribution is 5.75. The lowest BCUT2D eigenvalue weighted by molar-refractivity contribution is -0.139. The van der Waals surface area contributed by atoms with E-state index in [1.54, 1.807) is 12.1 Å². The average molecular weight is 370 g/mol. The van der Waals surface area contributed by atoms with Gasteiger partial charge < -0.3 is 14.9 Å². The van der Waals surface area contributed by atoms with E-state index in [1.165, 1.54) is 5.56 Å². The zero-order chi connectivity index (χ0) is 19.6. The minimum atomic E-state index is -0.123. The topological polar surface area (TPSA) is 66.8 Å². The quantitative estimate of drug-likeness (QED) is 0.463. The molecule has 2 aromatic carbocycles. The van der Waals surface area contributed by atoms with Crippen LogP contribution in [0.1, 0.15) is 43.2 Å². The number of carbonyl (C=O) groups excluding carboxylic acids is 1. The average Bonchev–Trinajstić information content (AvgIpc) is 2.92. The Morgan fingerprint density at radius 3 is 2.07 bits per heavy atom. The first-order chi connectivity index (χ1) is 13.0. The van der Waals surface area contributed by atoms with Gasteiger partial charge in [-0.15, -0.1) is 0 Å². The molecule has 1 fully saturated rings. The highest BCUT2D eigenvalue weighted by Crippen LogP contribution is 2.28. The molecular weight excluding hydrogens is 340 g/mol. The zero-order valence-corrected chi connectivity index (χ0v) is 16.2. The summed E-state index contributed by atoms with van der Waals surface area (Å²) in [4.78, 5) is 12.1. The largest absolute Gasteiger partial charge is 0.508 e. The predicted octanol–water partition coefficient (Wildman–Crippen LogP) is 4.79. The third-order valence-electron chi connectivity index (χ3n) is 4.95. The minimum absolute atomic E-state index is 0.0159. The molecule has 0 aromatic heterocycles. The van der Waals surface area contributed by atoms with Crippen LogP contribution in [0.3, 0.4) is 0 Å². The van der Waals surface area contributed by atoms with Gasteiger partial charge in [-0.25, -0.2) is 0 Å². The first-order valence-electron chi connectivity index (χ1n) is 9.62. The van der Waals surface area contributed by atoms with Gasteiger partial charge in [-0.3, -0.25) is 4.79 Å². The Balaban J connectivity index is 0.000000273. The molecule has 4 nitrogen and oxygen atoms in total. The summed E-state index contributed by atoms with van der Waals surface area (Å²) < 4.78 is 5.43. The molecule has 146 valence electrons. The van der Waals surface area contributed by atoms with Crippen LogP contribution in [0.15, 0.2) is 48.5 Å². The number of phenolic OH excluding ortho intramolecular Hbond substituents is 1. The van der Waals surface area contributed by atoms with Gasteiger partial charge in [-0.2, -0.15) is 0 Å². The maximum atomic E-state index is 12.1. The monoisotopic (exact) mass is 370 g/mol. The predicted molar refractivity (Wildman–Crippen MR) is 107 cm³/mol. The highest BCUT2D eigenvalue weighted by Gasteiger charge is 2.25. The fourth-order valence-electron chi connectivity index (χ4n) is 3.15. The lowest BCUT2D eigenvalue weighted by Gasteiger charge is -2.13. The molecule has 1 unspecified atom stereocenters. The van der Waals surface area contributed by atoms with Crippen LogP contribution < -0.4 is 4.74 Å². The molecule has 0 heterocycles. The molecule has 1 aliphatic rings. The number of benzene rings is 2. The number of rotatable bonds is 3. The van der Waals surface area contributed by atoms with E-state index in [2.05, 4.69) is 0 Å². The first kappa shape index (κ1) is 21.0. The highest BCUT2D eigenvalue weighted by atomic mass is 16.5. The number of aromatic hydroxyl groups is 1. The van der Waals surface area contributed by atoms with Crippen molar-refractivity contribution in [3.63, 3.8) is 0 Å². The number of aliphatic hydroxyl groups excluding tert-OH is 1. The van der Waals surface area contributed by atoms with Gasteiger partial charge in [0, 0.05) is 6.61 Å². The molecule has 2 N–H and O–H groups in total. The van der Waals surface area contributed by atoms with Gasteiger partial charge in [0.2, 0.25) is 0 Å². The summed E-state index contributed by atoms with van der Waals surface area (Å²) >= 11 is 0. The molecule has 2 atom stereocenters. The number of aliphatic hydroxyl groups is 1. The molecule has 0 spiro atoms. The summed E-state index contributed by atoms with van der Waals surface area (Å²) in [6.07, 6.45) is 4.64. The second-order valence-corrected chi connectivity index (χ2v) is 7.32. The van der Waals surface area contributed by atoms with Crippen LogP contribution in [0.5, 0.6) is 11.5 Å². The van der Waals surface area contributed by atoms with E-state index in [4.69, 9.17) is 9.84 Å². The van der Waals surface area contributed by atoms with Gasteiger partial charge in [-0.1, -0.05) is 41.8 Å². The second-order valence-electron chi connectivity index (χ2n) is 7.32. The van der Waals surface area contributed by atoms with Crippen LogP contribution in [-0.4, -0.2) is 22.8 Å². The van der Waals surface area contributed by atoms with E-state index in [1.807, 2.05) is 50.2 Å². The molecule has 1 aliphatic carbocycles. The molecule has 0 aliphatic heterocycles. The van der Waals surface area contributed by atoms with E-state index in [0.29, 0.717) is 17.4 Å². The smallest absolute Gasteiger partial charge is 0.314 e. The standard InChI is InChI=1S/C16H22O3.C7H8O/c1-12-5-9-15(10-6-12)19-16(18)14-4-2-3-13(11-17)7-8-14;1-6-2-4-7(8)5-3-6/h5-6,9-10,13-14,17H,2-4,7-8,11H2,1H3;2-5,8H,1H3/t13-,14?;/m1./s1. The summed E-state index contributed by atoms with van der Waals surface area (Å²) in [6.45, 7) is 4.23. The van der Waals surface area contributed by atoms with E-state index in [-0.39, 0.29) is 18.5 Å². The zero-order valence-electron chi connectivity index (χ0n) is 16.2. The van der Waals surface area contributed by atoms with Gasteiger partial charge in [0.05, 0.1) is 5.92 Å². The van der Waals surface area contributed by atoms with Crippen molar-refractivity contribution < 1.29 is 19.7 Å². The van der Waals surface area contributed by atoms with Crippen molar-refractivity contribution in [2.75, 3.05) is 6.61 Å². The maximum Gasteiger partial charge on any atom is 0.314 e. The van der Waals surface area contributed by atoms with Gasteiger partial charge in [0.15, 0.2) is 0 Å². The van der Waals surface area contributed by atoms with Crippen molar-refractivity contribution in [3.05, 3.63) is 59.7 Å². The first-order valence-corrected chi connectivity index (χ1v) is 9.62. The summed E-state index contributed by atoms with van der Waals surface area (Å²) in [6, 6.07) is 14.6. The Hall–Kier alpha value is -2.33. The molecule has 4 heteroatoms. The van der Waals surface area contributed by atoms with Gasteiger partial charge in [0.1, 0.15) is 11.5 Å². The molecular formula is C23H30O4. The number of hydrogen-bond acceptors (Lipinski definition) is 4. The summed E-state index contributed by atoms with van der Waals surface area (Å²) in [7, 11) is 0. The van der Waals surface area contributed by atoms with Crippen LogP contribution in [0.25, 0.3) is 0 Å². The molecule has 0 amide bonds. The molecule has 1 saturated carbocycles. The van der Waals surface area contributed by atoms with Crippen molar-refractivity contribution in [1.82, 2.24) is 0 Å². The lowest BCUT2D eigenvalue weighted by Crippen LogP contribution is -2.20. The Morgan fingerprint density at radius 1 is 0.926 bits per heavy atom. The lowest BCUT2D eigenvalue weighted by atomic mass is 9.99. The molecule has 27 heavy (non-hydrogen) atoms. The summed E-state index contributed by atoms with van der Waals surface area (Å²) in [5.74, 6) is 1.17. The number of phenols is 1. The van der Waals surface area contributed by atoms with Crippen molar-refractivity contribution in [2.45, 2.75) is 46.0 Å². The van der Waals surface area contributed by atoms with E-state index in [9.17, 15) is 9.90 Å². The number of esters is 1. The van der Waals surface area contributed by atoms with Crippen LogP contribution in [-0.2, 0) is 4.79 Å². The third kappa shape index (κ3) is 7.43. The fourth-order valence-corrected chi connectivity index (χ4v) is 3.15. The Kier molecular flexibility index (Phi) is 8.34. The number of aryl methyl sites for hydroxylation is 2. The molecule has 0 radical (unpaired) electrons. The fraction of sp³-hybridized carbons (Fsp3) is 0.435. The maximum absolute atomic E-state index is 12.1. The SMILES string of the molecule is Cc1ccc(O)cc1.Cc1ccc(OC(=O)C2CCC[C@@H](CO)CC2)cc1. The molecule has 3 rings (SSSR count). The Morgan fingerprint density at radius 2 is 1.52 bits per heavy atom. The van der Waals surface area contributed by atoms with Gasteiger partial charge in [0.25, 0.3) is 0 Å². The number of hydrogen-bond donors (Lipinski definition) is 2. The summed E-state index contributed by atoms with van der Waals surface area (Å²) in [5, 5.41) is 17.9. The molecule has 0 bridgehead atoms. The van der Waals surface area contributed by atoms with Crippen molar-refractivity contribution >= 4 is 5.97 Å². The normalized spacial score (nSPS) is 19.4. The Labute approximate surface area is 161 Å². The molecule has 2 aromatic rings. The minimum Gasteiger partial charge on any atom is -0.508 e. The van der Waals surface area contributed by atoms with Crippen LogP contribution in [0, 0.1) is 25.7 Å². The van der Waals surface area contributed by atoms with E-state index in [0.717, 1.165) is 37.7 Å². The van der Waals surface area contributed by atoms with Gasteiger partial charge in [-0.05, 0) is 69.7 Å². The van der Waals surface area contributed by atoms with E-state index >= 15 is 0 Å². The van der Waals surface area contributed by atoms with Crippen molar-refractivity contribution in [2.24, 2.45) is 11.8 Å². The van der Waals surface area contributed by atoms with Crippen LogP contribution in [0.2, 0.25) is 0 Å².